The summed E-state index contributed by atoms with van der Waals surface area (Å²) in [5, 5.41) is 9.29. The molecule has 1 amide bonds. The highest BCUT2D eigenvalue weighted by Gasteiger charge is 2.49. The molecule has 49 heavy (non-hydrogen) atoms. The number of thiazole rings is 1. The van der Waals surface area contributed by atoms with Crippen molar-refractivity contribution in [1.82, 2.24) is 24.8 Å². The number of nitrogens with zero attached hydrogens (tertiary/aromatic N) is 5. The second-order valence-electron chi connectivity index (χ2n) is 12.5. The Kier molecular flexibility index (Phi) is 8.34. The topological polar surface area (TPSA) is 127 Å². The molecule has 2 aromatic heterocycles. The summed E-state index contributed by atoms with van der Waals surface area (Å²) < 4.78 is 102. The maximum atomic E-state index is 16.8. The molecule has 3 N–H and O–H groups in total. The zero-order chi connectivity index (χ0) is 34.8. The Morgan fingerprint density at radius 2 is 2.00 bits per heavy atom. The fourth-order valence-corrected chi connectivity index (χ4v) is 8.10. The molecule has 4 atom stereocenters. The van der Waals surface area contributed by atoms with Crippen LogP contribution in [-0.4, -0.2) is 92.5 Å². The summed E-state index contributed by atoms with van der Waals surface area (Å²) in [6, 6.07) is 1.44. The minimum Gasteiger partial charge on any atom is -0.472 e. The van der Waals surface area contributed by atoms with Gasteiger partial charge in [0, 0.05) is 30.5 Å². The van der Waals surface area contributed by atoms with Gasteiger partial charge in [0.15, 0.2) is 10.9 Å². The molecule has 3 aliphatic rings. The first-order valence-corrected chi connectivity index (χ1v) is 16.3. The molecule has 5 heterocycles. The van der Waals surface area contributed by atoms with Gasteiger partial charge in [-0.1, -0.05) is 17.9 Å². The predicted molar refractivity (Wildman–Crippen MR) is 168 cm³/mol. The molecule has 0 radical (unpaired) electrons. The SMILES string of the molecule is C=CC(=O)N1CC(Oc2nc(OCC34CCCN3CC(F)C4)nc3c(F)c(-c4ccc(F)c5sc(N)nc45)c(C(F)(F)F)cc23)CC1CO. The quantitative estimate of drug-likeness (QED) is 0.186. The summed E-state index contributed by atoms with van der Waals surface area (Å²) in [4.78, 5) is 28.2. The van der Waals surface area contributed by atoms with Gasteiger partial charge in [0.25, 0.3) is 0 Å². The smallest absolute Gasteiger partial charge is 0.417 e. The van der Waals surface area contributed by atoms with Crippen LogP contribution in [0.25, 0.3) is 32.2 Å². The molecule has 3 fully saturated rings. The van der Waals surface area contributed by atoms with Gasteiger partial charge in [-0.3, -0.25) is 9.69 Å². The van der Waals surface area contributed by atoms with Gasteiger partial charge < -0.3 is 25.2 Å². The lowest BCUT2D eigenvalue weighted by Gasteiger charge is -2.30. The van der Waals surface area contributed by atoms with Crippen molar-refractivity contribution in [3.8, 4) is 23.0 Å². The Labute approximate surface area is 279 Å². The van der Waals surface area contributed by atoms with Crippen LogP contribution in [0.2, 0.25) is 0 Å². The molecule has 260 valence electrons. The van der Waals surface area contributed by atoms with Gasteiger partial charge in [-0.15, -0.1) is 0 Å². The van der Waals surface area contributed by atoms with E-state index in [-0.39, 0.29) is 53.4 Å². The van der Waals surface area contributed by atoms with Crippen LogP contribution in [-0.2, 0) is 11.0 Å². The number of carbonyl (C=O) groups is 1. The number of halogens is 6. The van der Waals surface area contributed by atoms with Crippen LogP contribution in [0.1, 0.15) is 31.2 Å². The number of anilines is 1. The second-order valence-corrected chi connectivity index (χ2v) is 13.5. The summed E-state index contributed by atoms with van der Waals surface area (Å²) >= 11 is 0.704. The zero-order valence-corrected chi connectivity index (χ0v) is 26.6. The van der Waals surface area contributed by atoms with Crippen molar-refractivity contribution in [2.75, 3.05) is 38.6 Å². The Morgan fingerprint density at radius 3 is 2.73 bits per heavy atom. The van der Waals surface area contributed by atoms with E-state index in [4.69, 9.17) is 15.2 Å². The Bertz CT molecular complexity index is 1980. The summed E-state index contributed by atoms with van der Waals surface area (Å²) in [5.41, 5.74) is 1.53. The molecular weight excluding hydrogens is 678 g/mol. The molecule has 0 spiro atoms. The van der Waals surface area contributed by atoms with Crippen molar-refractivity contribution in [2.24, 2.45) is 0 Å². The van der Waals surface area contributed by atoms with E-state index in [0.29, 0.717) is 30.4 Å². The number of carbonyl (C=O) groups excluding carboxylic acids is 1. The summed E-state index contributed by atoms with van der Waals surface area (Å²) in [7, 11) is 0. The summed E-state index contributed by atoms with van der Waals surface area (Å²) in [6.45, 7) is 3.79. The van der Waals surface area contributed by atoms with Crippen LogP contribution >= 0.6 is 11.3 Å². The maximum Gasteiger partial charge on any atom is 0.417 e. The van der Waals surface area contributed by atoms with Gasteiger partial charge in [-0.25, -0.2) is 18.2 Å². The number of fused-ring (bicyclic) bond motifs is 3. The van der Waals surface area contributed by atoms with Crippen LogP contribution in [0, 0.1) is 11.6 Å². The first kappa shape index (κ1) is 33.3. The molecule has 0 bridgehead atoms. The van der Waals surface area contributed by atoms with Crippen molar-refractivity contribution in [3.63, 3.8) is 0 Å². The third-order valence-corrected chi connectivity index (χ3v) is 10.4. The van der Waals surface area contributed by atoms with Crippen LogP contribution in [0.3, 0.4) is 0 Å². The van der Waals surface area contributed by atoms with Crippen LogP contribution in [0.5, 0.6) is 11.9 Å². The number of alkyl halides is 4. The normalized spacial score (nSPS) is 24.2. The molecule has 3 saturated heterocycles. The number of nitrogens with two attached hydrogens (primary N) is 1. The zero-order valence-electron chi connectivity index (χ0n) is 25.8. The number of aromatic nitrogens is 3. The molecule has 10 nitrogen and oxygen atoms in total. The standard InChI is InChI=1S/C32H30F6N6O4S/c1-2-22(46)44-12-17(8-16(44)13-45)48-28-19-9-20(32(36,37)38)23(18-4-5-21(34)27-26(18)40-29(39)49-27)24(35)25(19)41-30(42-28)47-14-31-6-3-7-43(31)11-15(33)10-31/h2,4-5,9,15-17,45H,1,3,6-8,10-14H2,(H2,39,40). The molecule has 2 aromatic carbocycles. The molecule has 4 aromatic rings. The number of nitrogen functional groups attached to an aromatic ring is 1. The minimum atomic E-state index is -5.13. The van der Waals surface area contributed by atoms with E-state index in [2.05, 4.69) is 21.5 Å². The van der Waals surface area contributed by atoms with Crippen molar-refractivity contribution >= 4 is 43.5 Å². The lowest BCUT2D eigenvalue weighted by Crippen LogP contribution is -2.43. The average Bonchev–Trinajstić information content (AvgIpc) is 3.82. The molecule has 17 heteroatoms. The van der Waals surface area contributed by atoms with Crippen molar-refractivity contribution in [3.05, 3.63) is 48.1 Å². The fraction of sp³-hybridized carbons (Fsp3) is 0.438. The van der Waals surface area contributed by atoms with E-state index >= 15 is 4.39 Å². The largest absolute Gasteiger partial charge is 0.472 e. The Balaban J connectivity index is 1.38. The molecule has 7 rings (SSSR count). The number of amides is 1. The van der Waals surface area contributed by atoms with E-state index in [1.165, 1.54) is 4.90 Å². The highest BCUT2D eigenvalue weighted by atomic mass is 32.1. The second kappa shape index (κ2) is 12.3. The number of ether oxygens (including phenoxy) is 2. The molecular formula is C32H30F6N6O4S. The van der Waals surface area contributed by atoms with E-state index in [1.54, 1.807) is 0 Å². The number of likely N-dealkylation sites (tertiary alicyclic amines) is 1. The first-order chi connectivity index (χ1) is 23.3. The van der Waals surface area contributed by atoms with Crippen molar-refractivity contribution in [2.45, 2.75) is 55.7 Å². The van der Waals surface area contributed by atoms with Gasteiger partial charge >= 0.3 is 12.2 Å². The number of hydrogen-bond acceptors (Lipinski definition) is 10. The van der Waals surface area contributed by atoms with E-state index in [0.717, 1.165) is 24.6 Å². The highest BCUT2D eigenvalue weighted by Crippen LogP contribution is 2.46. The minimum absolute atomic E-state index is 0.0677. The van der Waals surface area contributed by atoms with Gasteiger partial charge in [-0.2, -0.15) is 23.1 Å². The van der Waals surface area contributed by atoms with Crippen LogP contribution < -0.4 is 15.2 Å². The number of rotatable bonds is 8. The molecule has 0 aliphatic carbocycles. The number of aliphatic hydroxyl groups excluding tert-OH is 1. The third-order valence-electron chi connectivity index (χ3n) is 9.52. The van der Waals surface area contributed by atoms with E-state index < -0.39 is 88.1 Å². The van der Waals surface area contributed by atoms with Gasteiger partial charge in [0.05, 0.1) is 45.9 Å². The average molecular weight is 709 g/mol. The fourth-order valence-electron chi connectivity index (χ4n) is 7.34. The summed E-state index contributed by atoms with van der Waals surface area (Å²) in [5.74, 6) is -3.16. The summed E-state index contributed by atoms with van der Waals surface area (Å²) in [6.07, 6.45) is -4.29. The monoisotopic (exact) mass is 708 g/mol. The van der Waals surface area contributed by atoms with E-state index in [9.17, 15) is 31.9 Å². The maximum absolute atomic E-state index is 16.8. The predicted octanol–water partition coefficient (Wildman–Crippen LogP) is 5.27. The van der Waals surface area contributed by atoms with Gasteiger partial charge in [0.2, 0.25) is 11.8 Å². The number of benzene rings is 2. The lowest BCUT2D eigenvalue weighted by atomic mass is 9.95. The van der Waals surface area contributed by atoms with Crippen LogP contribution in [0.4, 0.5) is 31.5 Å². The first-order valence-electron chi connectivity index (χ1n) is 15.5. The Hall–Kier alpha value is -4.22. The Morgan fingerprint density at radius 1 is 1.20 bits per heavy atom. The number of hydrogen-bond donors (Lipinski definition) is 2. The van der Waals surface area contributed by atoms with E-state index in [1.807, 2.05) is 4.90 Å². The van der Waals surface area contributed by atoms with Gasteiger partial charge in [0.1, 0.15) is 30.2 Å². The van der Waals surface area contributed by atoms with Crippen LogP contribution in [0.15, 0.2) is 30.9 Å². The molecule has 4 unspecified atom stereocenters. The van der Waals surface area contributed by atoms with Crippen molar-refractivity contribution < 1.29 is 45.7 Å². The van der Waals surface area contributed by atoms with Crippen molar-refractivity contribution in [1.29, 1.82) is 0 Å². The molecule has 0 saturated carbocycles. The number of aliphatic hydroxyl groups is 1. The molecule has 3 aliphatic heterocycles. The third kappa shape index (κ3) is 5.80. The van der Waals surface area contributed by atoms with Gasteiger partial charge in [-0.05, 0) is 43.7 Å². The highest BCUT2D eigenvalue weighted by molar-refractivity contribution is 7.22. The lowest BCUT2D eigenvalue weighted by molar-refractivity contribution is -0.137.